The molecule has 2 rings (SSSR count). The summed E-state index contributed by atoms with van der Waals surface area (Å²) >= 11 is 0. The van der Waals surface area contributed by atoms with Gasteiger partial charge >= 0.3 is 30.0 Å². The van der Waals surface area contributed by atoms with Gasteiger partial charge in [0.25, 0.3) is 0 Å². The van der Waals surface area contributed by atoms with Gasteiger partial charge in [-0.2, -0.15) is 0 Å². The Labute approximate surface area is 420 Å². The Morgan fingerprint density at radius 2 is 1.21 bits per heavy atom. The lowest BCUT2D eigenvalue weighted by molar-refractivity contribution is -0.144. The molecule has 0 radical (unpaired) electrons. The second kappa shape index (κ2) is 25.4. The van der Waals surface area contributed by atoms with Crippen LogP contribution in [0.1, 0.15) is 120 Å². The molecule has 400 valence electrons. The van der Waals surface area contributed by atoms with Crippen molar-refractivity contribution in [2.45, 2.75) is 162 Å². The lowest BCUT2D eigenvalue weighted by Crippen LogP contribution is -2.63. The molecular formula is C50H75N7O15. The minimum absolute atomic E-state index is 0.0388. The molecule has 0 aliphatic rings. The van der Waals surface area contributed by atoms with Crippen molar-refractivity contribution >= 4 is 70.4 Å². The second-order valence-electron chi connectivity index (χ2n) is 21.0. The van der Waals surface area contributed by atoms with Crippen molar-refractivity contribution in [1.29, 1.82) is 0 Å². The highest BCUT2D eigenvalue weighted by Crippen LogP contribution is 2.37. The number of carbonyl (C=O) groups excluding carboxylic acids is 6. The molecule has 1 aromatic heterocycles. The number of nitrogens with one attached hydrogen (secondary N) is 4. The fourth-order valence-electron chi connectivity index (χ4n) is 8.14. The number of aliphatic carboxylic acids is 4. The number of benzene rings is 1. The molecule has 0 aliphatic heterocycles. The van der Waals surface area contributed by atoms with E-state index < -0.39 is 151 Å². The van der Waals surface area contributed by atoms with Crippen LogP contribution in [0.2, 0.25) is 0 Å². The SMILES string of the molecule is C/C(=C\[C@H](C(C)C)N(C)C(=O)[C@@H](NC(=O)[C@@H](N(C)C(=O)OC(C)(C)C)C(C)(C)c1cn(C)c2ccccc12)C(C)(C)C)C(=O)N[C@@H](CCC(=O)N[C@@H](CCC(=O)O)C(=O)O)C(=O)N[C@@H](CCC(=O)O)C(=O)O. The Balaban J connectivity index is 2.57. The Morgan fingerprint density at radius 1 is 0.694 bits per heavy atom. The number of nitrogens with zero attached hydrogens (tertiary/aromatic N) is 3. The molecule has 0 aliphatic carbocycles. The number of carboxylic acid groups (broad SMARTS) is 4. The van der Waals surface area contributed by atoms with Crippen LogP contribution in [0.4, 0.5) is 4.79 Å². The van der Waals surface area contributed by atoms with Gasteiger partial charge in [0.2, 0.25) is 29.5 Å². The minimum Gasteiger partial charge on any atom is -0.481 e. The van der Waals surface area contributed by atoms with Crippen molar-refractivity contribution in [3.05, 3.63) is 47.7 Å². The number of likely N-dealkylation sites (N-methyl/N-ethyl adjacent to an activating group) is 2. The van der Waals surface area contributed by atoms with E-state index in [-0.39, 0.29) is 11.5 Å². The van der Waals surface area contributed by atoms with E-state index in [4.69, 9.17) is 14.9 Å². The number of ether oxygens (including phenoxy) is 1. The summed E-state index contributed by atoms with van der Waals surface area (Å²) in [6.45, 7) is 19.0. The maximum atomic E-state index is 15.0. The van der Waals surface area contributed by atoms with Gasteiger partial charge in [0.1, 0.15) is 35.8 Å². The molecule has 0 saturated carbocycles. The maximum absolute atomic E-state index is 15.0. The van der Waals surface area contributed by atoms with Crippen molar-refractivity contribution in [3.63, 3.8) is 0 Å². The quantitative estimate of drug-likeness (QED) is 0.0657. The molecule has 72 heavy (non-hydrogen) atoms. The number of carbonyl (C=O) groups is 10. The summed E-state index contributed by atoms with van der Waals surface area (Å²) in [6.07, 6.45) is -0.757. The molecule has 0 bridgehead atoms. The molecule has 1 aromatic carbocycles. The lowest BCUT2D eigenvalue weighted by Gasteiger charge is -2.42. The topological polar surface area (TPSA) is 320 Å². The van der Waals surface area contributed by atoms with Crippen LogP contribution in [0.5, 0.6) is 0 Å². The molecule has 2 aromatic rings. The van der Waals surface area contributed by atoms with Crippen molar-refractivity contribution in [1.82, 2.24) is 35.6 Å². The summed E-state index contributed by atoms with van der Waals surface area (Å²) in [7, 11) is 4.83. The van der Waals surface area contributed by atoms with Crippen LogP contribution in [0.15, 0.2) is 42.1 Å². The van der Waals surface area contributed by atoms with Gasteiger partial charge in [-0.05, 0) is 69.9 Å². The summed E-state index contributed by atoms with van der Waals surface area (Å²) in [5.74, 6) is -10.3. The molecule has 8 N–H and O–H groups in total. The smallest absolute Gasteiger partial charge is 0.410 e. The second-order valence-corrected chi connectivity index (χ2v) is 21.0. The molecule has 6 atom stereocenters. The minimum atomic E-state index is -1.72. The lowest BCUT2D eigenvalue weighted by atomic mass is 9.76. The third-order valence-corrected chi connectivity index (χ3v) is 12.1. The van der Waals surface area contributed by atoms with E-state index in [1.54, 1.807) is 55.4 Å². The largest absolute Gasteiger partial charge is 0.481 e. The highest BCUT2D eigenvalue weighted by molar-refractivity contribution is 5.98. The van der Waals surface area contributed by atoms with Gasteiger partial charge in [-0.1, -0.05) is 72.7 Å². The number of hydrogen-bond donors (Lipinski definition) is 8. The fraction of sp³-hybridized carbons (Fsp3) is 0.600. The molecule has 0 unspecified atom stereocenters. The number of rotatable bonds is 25. The third-order valence-electron chi connectivity index (χ3n) is 12.1. The molecule has 1 heterocycles. The number of aryl methyl sites for hydroxylation is 1. The van der Waals surface area contributed by atoms with Gasteiger partial charge in [-0.15, -0.1) is 0 Å². The van der Waals surface area contributed by atoms with E-state index in [9.17, 15) is 58.2 Å². The van der Waals surface area contributed by atoms with Gasteiger partial charge in [0.15, 0.2) is 0 Å². The van der Waals surface area contributed by atoms with E-state index >= 15 is 0 Å². The van der Waals surface area contributed by atoms with Crippen LogP contribution in [0.3, 0.4) is 0 Å². The molecule has 22 heteroatoms. The monoisotopic (exact) mass is 1010 g/mol. The first kappa shape index (κ1) is 61.1. The predicted octanol–water partition coefficient (Wildman–Crippen LogP) is 3.79. The maximum Gasteiger partial charge on any atom is 0.410 e. The average Bonchev–Trinajstić information content (AvgIpc) is 3.60. The Bertz CT molecular complexity index is 2380. The number of carboxylic acids is 4. The van der Waals surface area contributed by atoms with Crippen molar-refractivity contribution in [2.24, 2.45) is 18.4 Å². The zero-order chi connectivity index (χ0) is 55.4. The number of para-hydroxylation sites is 1. The summed E-state index contributed by atoms with van der Waals surface area (Å²) in [6, 6.07) is -0.641. The van der Waals surface area contributed by atoms with Crippen LogP contribution in [0.25, 0.3) is 10.9 Å². The molecule has 6 amide bonds. The first-order valence-corrected chi connectivity index (χ1v) is 23.6. The van der Waals surface area contributed by atoms with E-state index in [1.807, 2.05) is 55.9 Å². The predicted molar refractivity (Wildman–Crippen MR) is 264 cm³/mol. The molecule has 0 saturated heterocycles. The first-order chi connectivity index (χ1) is 33.0. The standard InChI is InChI=1S/C50H75N7O15/c1-27(2)35(25-28(3)41(63)52-31(42(64)53-33(46(69)70)21-24-38(61)62)19-22-36(58)51-32(45(67)68)20-23-37(59)60)56(13)44(66)39(48(4,5)6)54-43(65)40(57(14)47(71)72-49(7,8)9)50(10,11)30-26-55(12)34-18-16-15-17-29(30)34/h15-18,25-27,31-33,35,39-40H,19-24H2,1-14H3,(H,51,58)(H,52,63)(H,53,64)(H,54,65)(H,59,60)(H,61,62)(H,67,68)(H,69,70)/b28-25+/t31-,32-,33-,35+,39+,40+/m0/s1. The average molecular weight is 1010 g/mol. The Morgan fingerprint density at radius 3 is 1.69 bits per heavy atom. The highest BCUT2D eigenvalue weighted by Gasteiger charge is 2.47. The molecule has 0 spiro atoms. The van der Waals surface area contributed by atoms with E-state index in [2.05, 4.69) is 21.3 Å². The van der Waals surface area contributed by atoms with E-state index in [0.29, 0.717) is 0 Å². The van der Waals surface area contributed by atoms with E-state index in [0.717, 1.165) is 16.5 Å². The first-order valence-electron chi connectivity index (χ1n) is 23.6. The van der Waals surface area contributed by atoms with Crippen LogP contribution >= 0.6 is 0 Å². The molecular weight excluding hydrogens is 939 g/mol. The number of aromatic nitrogens is 1. The van der Waals surface area contributed by atoms with Gasteiger partial charge in [0, 0.05) is 68.5 Å². The summed E-state index contributed by atoms with van der Waals surface area (Å²) < 4.78 is 7.66. The zero-order valence-corrected chi connectivity index (χ0v) is 43.9. The summed E-state index contributed by atoms with van der Waals surface area (Å²) in [5.41, 5.74) is -1.33. The fourth-order valence-corrected chi connectivity index (χ4v) is 8.14. The van der Waals surface area contributed by atoms with Crippen LogP contribution in [0, 0.1) is 11.3 Å². The third kappa shape index (κ3) is 17.4. The van der Waals surface area contributed by atoms with Crippen molar-refractivity contribution in [3.8, 4) is 0 Å². The Hall–Kier alpha value is -7.00. The normalized spacial score (nSPS) is 14.7. The van der Waals surface area contributed by atoms with Gasteiger partial charge in [-0.25, -0.2) is 14.4 Å². The van der Waals surface area contributed by atoms with Crippen molar-refractivity contribution in [2.75, 3.05) is 14.1 Å². The highest BCUT2D eigenvalue weighted by atomic mass is 16.6. The van der Waals surface area contributed by atoms with Crippen LogP contribution in [-0.4, -0.2) is 150 Å². The van der Waals surface area contributed by atoms with Crippen LogP contribution in [-0.2, 0) is 60.4 Å². The van der Waals surface area contributed by atoms with Gasteiger partial charge in [-0.3, -0.25) is 38.5 Å². The number of fused-ring (bicyclic) bond motifs is 1. The van der Waals surface area contributed by atoms with Crippen molar-refractivity contribution < 1.29 is 73.1 Å². The zero-order valence-electron chi connectivity index (χ0n) is 43.9. The molecule has 0 fully saturated rings. The number of amides is 6. The summed E-state index contributed by atoms with van der Waals surface area (Å²) in [5, 5.41) is 48.0. The van der Waals surface area contributed by atoms with Gasteiger partial charge in [0.05, 0.1) is 6.04 Å². The van der Waals surface area contributed by atoms with E-state index in [1.165, 1.54) is 36.9 Å². The molecule has 22 nitrogen and oxygen atoms in total. The van der Waals surface area contributed by atoms with Crippen LogP contribution < -0.4 is 21.3 Å². The number of hydrogen-bond acceptors (Lipinski definition) is 11. The van der Waals surface area contributed by atoms with Gasteiger partial charge < -0.3 is 55.9 Å². The summed E-state index contributed by atoms with van der Waals surface area (Å²) in [4.78, 5) is 132. The Kier molecular flexibility index (Phi) is 21.6.